The Hall–Kier alpha value is -3.62. The number of hydrogen-bond acceptors (Lipinski definition) is 1. The van der Waals surface area contributed by atoms with Gasteiger partial charge >= 0.3 is 0 Å². The van der Waals surface area contributed by atoms with E-state index in [1.54, 1.807) is 0 Å². The first-order valence-electron chi connectivity index (χ1n) is 12.8. The third-order valence-electron chi connectivity index (χ3n) is 9.26. The Morgan fingerprint density at radius 2 is 0.611 bits per heavy atom. The molecule has 5 aromatic rings. The predicted octanol–water partition coefficient (Wildman–Crippen LogP) is 8.01. The van der Waals surface area contributed by atoms with Crippen molar-refractivity contribution in [1.29, 1.82) is 0 Å². The molecule has 170 valence electrons. The second-order valence-corrected chi connectivity index (χ2v) is 11.4. The van der Waals surface area contributed by atoms with Crippen LogP contribution in [0, 0.1) is 0 Å². The van der Waals surface area contributed by atoms with Gasteiger partial charge in [0.15, 0.2) is 0 Å². The van der Waals surface area contributed by atoms with Crippen molar-refractivity contribution in [2.75, 3.05) is 5.73 Å². The quantitative estimate of drug-likeness (QED) is 0.200. The maximum absolute atomic E-state index is 7.37. The summed E-state index contributed by atoms with van der Waals surface area (Å²) in [7, 11) is 0. The summed E-state index contributed by atoms with van der Waals surface area (Å²) in [6, 6.07) is 36.0. The molecule has 0 unspecified atom stereocenters. The molecule has 0 fully saturated rings. The van der Waals surface area contributed by atoms with Crippen LogP contribution in [0.3, 0.4) is 0 Å². The highest BCUT2D eigenvalue weighted by Crippen LogP contribution is 2.65. The molecule has 4 bridgehead atoms. The van der Waals surface area contributed by atoms with Gasteiger partial charge < -0.3 is 5.73 Å². The molecule has 0 spiro atoms. The lowest BCUT2D eigenvalue weighted by atomic mass is 9.56. The van der Waals surface area contributed by atoms with Crippen LogP contribution in [0.5, 0.6) is 0 Å². The van der Waals surface area contributed by atoms with Gasteiger partial charge in [-0.15, -0.1) is 0 Å². The third kappa shape index (κ3) is 2.08. The summed E-state index contributed by atoms with van der Waals surface area (Å²) in [5, 5.41) is 0. The monoisotopic (exact) mass is 523 g/mol. The van der Waals surface area contributed by atoms with Gasteiger partial charge in [0, 0.05) is 33.8 Å². The first-order valence-corrected chi connectivity index (χ1v) is 13.5. The fourth-order valence-electron chi connectivity index (χ4n) is 8.06. The van der Waals surface area contributed by atoms with Crippen molar-refractivity contribution in [3.63, 3.8) is 0 Å². The molecule has 0 heterocycles. The molecule has 2 heteroatoms. The fourth-order valence-corrected chi connectivity index (χ4v) is 8.95. The largest absolute Gasteiger partial charge is 0.398 e. The second-order valence-electron chi connectivity index (χ2n) is 10.6. The minimum Gasteiger partial charge on any atom is -0.398 e. The van der Waals surface area contributed by atoms with E-state index in [-0.39, 0.29) is 23.7 Å². The zero-order valence-electron chi connectivity index (χ0n) is 19.5. The number of nitrogens with two attached hydrogens (primary N) is 1. The molecule has 36 heavy (non-hydrogen) atoms. The SMILES string of the molecule is Nc1c2c(c(Br)c3c1C1c4ccccc4C3c3ccccc31)C1c3ccccc3C2c2ccccc21. The highest BCUT2D eigenvalue weighted by atomic mass is 79.9. The maximum Gasteiger partial charge on any atom is 0.0405 e. The molecule has 11 rings (SSSR count). The normalized spacial score (nSPS) is 22.7. The van der Waals surface area contributed by atoms with Gasteiger partial charge in [0.1, 0.15) is 0 Å². The van der Waals surface area contributed by atoms with Crippen molar-refractivity contribution >= 4 is 21.6 Å². The van der Waals surface area contributed by atoms with E-state index in [0.717, 1.165) is 5.69 Å². The van der Waals surface area contributed by atoms with Crippen LogP contribution in [0.15, 0.2) is 102 Å². The Labute approximate surface area is 218 Å². The van der Waals surface area contributed by atoms with E-state index in [4.69, 9.17) is 5.73 Å². The van der Waals surface area contributed by atoms with E-state index in [1.165, 1.54) is 71.2 Å². The van der Waals surface area contributed by atoms with Gasteiger partial charge in [0.05, 0.1) is 0 Å². The van der Waals surface area contributed by atoms with Crippen molar-refractivity contribution in [3.8, 4) is 0 Å². The second kappa shape index (κ2) is 6.57. The summed E-state index contributed by atoms with van der Waals surface area (Å²) in [5.74, 6) is 0.741. The Morgan fingerprint density at radius 1 is 0.389 bits per heavy atom. The summed E-state index contributed by atoms with van der Waals surface area (Å²) < 4.78 is 1.26. The molecule has 0 amide bonds. The molecule has 1 nitrogen and oxygen atoms in total. The summed E-state index contributed by atoms with van der Waals surface area (Å²) in [4.78, 5) is 0. The van der Waals surface area contributed by atoms with Gasteiger partial charge in [-0.25, -0.2) is 0 Å². The number of halogens is 1. The average Bonchev–Trinajstić information content (AvgIpc) is 2.95. The molecule has 0 atom stereocenters. The molecule has 0 aliphatic heterocycles. The summed E-state index contributed by atoms with van der Waals surface area (Å²) >= 11 is 4.24. The topological polar surface area (TPSA) is 26.0 Å². The van der Waals surface area contributed by atoms with Gasteiger partial charge in [-0.3, -0.25) is 0 Å². The lowest BCUT2D eigenvalue weighted by molar-refractivity contribution is 0.714. The lowest BCUT2D eigenvalue weighted by Crippen LogP contribution is -2.34. The summed E-state index contributed by atoms with van der Waals surface area (Å²) in [6.45, 7) is 0. The van der Waals surface area contributed by atoms with Crippen LogP contribution in [0.1, 0.15) is 90.4 Å². The predicted molar refractivity (Wildman–Crippen MR) is 148 cm³/mol. The zero-order valence-corrected chi connectivity index (χ0v) is 21.1. The van der Waals surface area contributed by atoms with E-state index in [9.17, 15) is 0 Å². The molecule has 0 saturated heterocycles. The van der Waals surface area contributed by atoms with Crippen molar-refractivity contribution < 1.29 is 0 Å². The highest BCUT2D eigenvalue weighted by Gasteiger charge is 2.49. The Morgan fingerprint density at radius 3 is 0.861 bits per heavy atom. The van der Waals surface area contributed by atoms with Crippen molar-refractivity contribution in [2.24, 2.45) is 0 Å². The van der Waals surface area contributed by atoms with E-state index in [1.807, 2.05) is 0 Å². The Balaban J connectivity index is 1.43. The van der Waals surface area contributed by atoms with Crippen LogP contribution in [0.2, 0.25) is 0 Å². The van der Waals surface area contributed by atoms with Crippen molar-refractivity contribution in [3.05, 3.63) is 168 Å². The Bertz CT molecular complexity index is 1450. The number of hydrogen-bond donors (Lipinski definition) is 1. The molecule has 0 radical (unpaired) electrons. The standard InChI is InChI=1S/C34H22BrN/c35-33-29-25-17-9-1-5-13-21(17)27(22-14-6-2-10-18(22)25)31(29)34(36)32-28-23-15-7-3-11-19(23)26(30(32)33)20-12-4-8-16-24(20)28/h1-16,25-28H,36H2. The minimum atomic E-state index is 0.171. The third-order valence-corrected chi connectivity index (χ3v) is 10.1. The number of benzene rings is 5. The van der Waals surface area contributed by atoms with E-state index in [2.05, 4.69) is 113 Å². The first kappa shape index (κ1) is 19.6. The lowest BCUT2D eigenvalue weighted by Gasteiger charge is -2.48. The van der Waals surface area contributed by atoms with Crippen LogP contribution < -0.4 is 5.73 Å². The number of rotatable bonds is 0. The summed E-state index contributed by atoms with van der Waals surface area (Å²) in [6.07, 6.45) is 0. The minimum absolute atomic E-state index is 0.171. The van der Waals surface area contributed by atoms with Gasteiger partial charge in [-0.05, 0) is 66.8 Å². The van der Waals surface area contributed by atoms with Crippen molar-refractivity contribution in [2.45, 2.75) is 23.7 Å². The molecule has 2 N–H and O–H groups in total. The fraction of sp³-hybridized carbons (Fsp3) is 0.118. The zero-order chi connectivity index (χ0) is 23.7. The maximum atomic E-state index is 7.37. The van der Waals surface area contributed by atoms with E-state index < -0.39 is 0 Å². The van der Waals surface area contributed by atoms with Crippen molar-refractivity contribution in [1.82, 2.24) is 0 Å². The van der Waals surface area contributed by atoms with Gasteiger partial charge in [0.25, 0.3) is 0 Å². The molecular formula is C34H22BrN. The number of nitrogen functional groups attached to an aromatic ring is 1. The molecule has 5 aromatic carbocycles. The van der Waals surface area contributed by atoms with Gasteiger partial charge in [-0.1, -0.05) is 113 Å². The molecule has 6 aliphatic carbocycles. The van der Waals surface area contributed by atoms with Crippen LogP contribution >= 0.6 is 15.9 Å². The van der Waals surface area contributed by atoms with Crippen LogP contribution in [0.25, 0.3) is 0 Å². The van der Waals surface area contributed by atoms with E-state index >= 15 is 0 Å². The molecule has 0 saturated carbocycles. The van der Waals surface area contributed by atoms with Gasteiger partial charge in [0.2, 0.25) is 0 Å². The van der Waals surface area contributed by atoms with E-state index in [0.29, 0.717) is 0 Å². The van der Waals surface area contributed by atoms with Gasteiger partial charge in [-0.2, -0.15) is 0 Å². The molecule has 6 aliphatic rings. The van der Waals surface area contributed by atoms with Crippen LogP contribution in [-0.4, -0.2) is 0 Å². The molecule has 0 aromatic heterocycles. The average molecular weight is 524 g/mol. The Kier molecular flexibility index (Phi) is 3.57. The van der Waals surface area contributed by atoms with Crippen LogP contribution in [-0.2, 0) is 0 Å². The molecular weight excluding hydrogens is 502 g/mol. The first-order chi connectivity index (χ1) is 17.8. The smallest absolute Gasteiger partial charge is 0.0405 e. The highest BCUT2D eigenvalue weighted by molar-refractivity contribution is 9.10. The van der Waals surface area contributed by atoms with Crippen LogP contribution in [0.4, 0.5) is 5.69 Å². The number of anilines is 1. The summed E-state index contributed by atoms with van der Waals surface area (Å²) in [5.41, 5.74) is 25.1.